The van der Waals surface area contributed by atoms with E-state index in [4.69, 9.17) is 0 Å². The molecule has 2 amide bonds. The van der Waals surface area contributed by atoms with Crippen LogP contribution in [0.5, 0.6) is 0 Å². The summed E-state index contributed by atoms with van der Waals surface area (Å²) in [4.78, 5) is 25.2. The number of amides is 2. The summed E-state index contributed by atoms with van der Waals surface area (Å²) < 4.78 is 0. The number of nitrogens with zero attached hydrogens (tertiary/aromatic N) is 1. The van der Waals surface area contributed by atoms with Crippen LogP contribution in [0.25, 0.3) is 0 Å². The number of carbonyl (C=O) groups excluding carboxylic acids is 2. The lowest BCUT2D eigenvalue weighted by Gasteiger charge is -2.26. The lowest BCUT2D eigenvalue weighted by molar-refractivity contribution is -0.139. The van der Waals surface area contributed by atoms with E-state index in [-0.39, 0.29) is 17.7 Å². The molecule has 1 aliphatic rings. The van der Waals surface area contributed by atoms with Crippen molar-refractivity contribution in [2.45, 2.75) is 19.4 Å². The van der Waals surface area contributed by atoms with Crippen LogP contribution < -0.4 is 5.32 Å². The lowest BCUT2D eigenvalue weighted by atomic mass is 9.96. The second-order valence-electron chi connectivity index (χ2n) is 4.72. The van der Waals surface area contributed by atoms with Crippen LogP contribution in [0.1, 0.15) is 18.4 Å². The van der Waals surface area contributed by atoms with Crippen molar-refractivity contribution in [3.8, 4) is 0 Å². The zero-order valence-electron chi connectivity index (χ0n) is 10.6. The van der Waals surface area contributed by atoms with Gasteiger partial charge in [-0.2, -0.15) is 0 Å². The summed E-state index contributed by atoms with van der Waals surface area (Å²) in [5.74, 6) is -0.117. The number of hydrogen-bond acceptors (Lipinski definition) is 2. The maximum Gasteiger partial charge on any atom is 0.226 e. The van der Waals surface area contributed by atoms with Gasteiger partial charge in [0.15, 0.2) is 0 Å². The first kappa shape index (κ1) is 12.6. The highest BCUT2D eigenvalue weighted by Gasteiger charge is 2.27. The van der Waals surface area contributed by atoms with Crippen LogP contribution >= 0.6 is 0 Å². The lowest BCUT2D eigenvalue weighted by Crippen LogP contribution is -2.41. The van der Waals surface area contributed by atoms with Gasteiger partial charge in [-0.3, -0.25) is 9.59 Å². The summed E-state index contributed by atoms with van der Waals surface area (Å²) in [6.07, 6.45) is 1.06. The molecule has 1 aliphatic heterocycles. The molecule has 1 aromatic rings. The topological polar surface area (TPSA) is 49.4 Å². The quantitative estimate of drug-likeness (QED) is 0.870. The Balaban J connectivity index is 1.94. The molecule has 1 unspecified atom stereocenters. The van der Waals surface area contributed by atoms with Gasteiger partial charge in [0.25, 0.3) is 0 Å². The van der Waals surface area contributed by atoms with Crippen LogP contribution in [-0.4, -0.2) is 30.3 Å². The first-order valence-electron chi connectivity index (χ1n) is 6.22. The molecule has 0 radical (unpaired) electrons. The highest BCUT2D eigenvalue weighted by molar-refractivity contribution is 5.86. The fourth-order valence-corrected chi connectivity index (χ4v) is 2.24. The molecule has 2 rings (SSSR count). The normalized spacial score (nSPS) is 19.2. The number of benzene rings is 1. The third-order valence-electron chi connectivity index (χ3n) is 3.23. The minimum absolute atomic E-state index is 0.0206. The van der Waals surface area contributed by atoms with Gasteiger partial charge in [-0.15, -0.1) is 0 Å². The van der Waals surface area contributed by atoms with Crippen molar-refractivity contribution in [1.29, 1.82) is 0 Å². The molecule has 1 saturated heterocycles. The third kappa shape index (κ3) is 3.09. The zero-order chi connectivity index (χ0) is 13.0. The number of rotatable bonds is 3. The minimum atomic E-state index is -0.160. The second kappa shape index (κ2) is 5.67. The van der Waals surface area contributed by atoms with Crippen molar-refractivity contribution in [1.82, 2.24) is 10.2 Å². The molecule has 1 N–H and O–H groups in total. The average Bonchev–Trinajstić information content (AvgIpc) is 2.39. The largest absolute Gasteiger partial charge is 0.356 e. The van der Waals surface area contributed by atoms with E-state index in [1.807, 2.05) is 30.3 Å². The van der Waals surface area contributed by atoms with E-state index in [9.17, 15) is 9.59 Å². The highest BCUT2D eigenvalue weighted by atomic mass is 16.2. The van der Waals surface area contributed by atoms with E-state index in [0.29, 0.717) is 19.5 Å². The standard InChI is InChI=1S/C14H18N2O2/c1-16(10-11-5-3-2-4-6-11)14(18)12-7-8-15-13(17)9-12/h2-6,12H,7-10H2,1H3,(H,15,17). The van der Waals surface area contributed by atoms with Gasteiger partial charge < -0.3 is 10.2 Å². The maximum absolute atomic E-state index is 12.2. The SMILES string of the molecule is CN(Cc1ccccc1)C(=O)C1CCNC(=O)C1. The van der Waals surface area contributed by atoms with Gasteiger partial charge >= 0.3 is 0 Å². The van der Waals surface area contributed by atoms with Gasteiger partial charge in [-0.05, 0) is 12.0 Å². The fraction of sp³-hybridized carbons (Fsp3) is 0.429. The summed E-state index contributed by atoms with van der Waals surface area (Å²) in [5, 5.41) is 2.75. The van der Waals surface area contributed by atoms with Crippen molar-refractivity contribution in [3.63, 3.8) is 0 Å². The maximum atomic E-state index is 12.2. The smallest absolute Gasteiger partial charge is 0.226 e. The molecular formula is C14H18N2O2. The average molecular weight is 246 g/mol. The molecule has 1 heterocycles. The Morgan fingerprint density at radius 1 is 1.39 bits per heavy atom. The van der Waals surface area contributed by atoms with E-state index in [1.54, 1.807) is 11.9 Å². The van der Waals surface area contributed by atoms with Crippen LogP contribution in [0, 0.1) is 5.92 Å². The Hall–Kier alpha value is -1.84. The molecule has 4 nitrogen and oxygen atoms in total. The number of carbonyl (C=O) groups is 2. The Bertz CT molecular complexity index is 431. The van der Waals surface area contributed by atoms with Gasteiger partial charge in [-0.1, -0.05) is 30.3 Å². The van der Waals surface area contributed by atoms with E-state index in [2.05, 4.69) is 5.32 Å². The molecule has 4 heteroatoms. The summed E-state index contributed by atoms with van der Waals surface area (Å²) >= 11 is 0. The van der Waals surface area contributed by atoms with Gasteiger partial charge in [-0.25, -0.2) is 0 Å². The molecule has 96 valence electrons. The monoisotopic (exact) mass is 246 g/mol. The predicted octanol–water partition coefficient (Wildman–Crippen LogP) is 1.17. The second-order valence-corrected chi connectivity index (χ2v) is 4.72. The molecule has 0 spiro atoms. The minimum Gasteiger partial charge on any atom is -0.356 e. The number of hydrogen-bond donors (Lipinski definition) is 1. The molecule has 1 fully saturated rings. The summed E-state index contributed by atoms with van der Waals surface area (Å²) in [6, 6.07) is 9.87. The fourth-order valence-electron chi connectivity index (χ4n) is 2.24. The van der Waals surface area contributed by atoms with Crippen molar-refractivity contribution in [2.24, 2.45) is 5.92 Å². The molecular weight excluding hydrogens is 228 g/mol. The molecule has 0 aromatic heterocycles. The van der Waals surface area contributed by atoms with Crippen LogP contribution in [-0.2, 0) is 16.1 Å². The van der Waals surface area contributed by atoms with Crippen molar-refractivity contribution in [3.05, 3.63) is 35.9 Å². The van der Waals surface area contributed by atoms with Crippen LogP contribution in [0.4, 0.5) is 0 Å². The number of nitrogens with one attached hydrogen (secondary N) is 1. The predicted molar refractivity (Wildman–Crippen MR) is 68.6 cm³/mol. The Morgan fingerprint density at radius 2 is 2.11 bits per heavy atom. The Morgan fingerprint density at radius 3 is 2.78 bits per heavy atom. The molecule has 18 heavy (non-hydrogen) atoms. The summed E-state index contributed by atoms with van der Waals surface area (Å²) in [7, 11) is 1.79. The summed E-state index contributed by atoms with van der Waals surface area (Å²) in [5.41, 5.74) is 1.11. The van der Waals surface area contributed by atoms with Crippen LogP contribution in [0.3, 0.4) is 0 Å². The van der Waals surface area contributed by atoms with Crippen molar-refractivity contribution >= 4 is 11.8 Å². The van der Waals surface area contributed by atoms with E-state index < -0.39 is 0 Å². The Labute approximate surface area is 107 Å². The molecule has 0 aliphatic carbocycles. The van der Waals surface area contributed by atoms with Crippen LogP contribution in [0.15, 0.2) is 30.3 Å². The Kier molecular flexibility index (Phi) is 3.97. The molecule has 1 aromatic carbocycles. The zero-order valence-corrected chi connectivity index (χ0v) is 10.6. The molecule has 1 atom stereocenters. The van der Waals surface area contributed by atoms with E-state index >= 15 is 0 Å². The first-order valence-corrected chi connectivity index (χ1v) is 6.22. The summed E-state index contributed by atoms with van der Waals surface area (Å²) in [6.45, 7) is 1.20. The van der Waals surface area contributed by atoms with E-state index in [1.165, 1.54) is 0 Å². The van der Waals surface area contributed by atoms with Crippen LogP contribution in [0.2, 0.25) is 0 Å². The molecule has 0 saturated carbocycles. The third-order valence-corrected chi connectivity index (χ3v) is 3.23. The van der Waals surface area contributed by atoms with E-state index in [0.717, 1.165) is 12.0 Å². The van der Waals surface area contributed by atoms with Crippen molar-refractivity contribution < 1.29 is 9.59 Å². The first-order chi connectivity index (χ1) is 8.66. The van der Waals surface area contributed by atoms with Gasteiger partial charge in [0.1, 0.15) is 0 Å². The van der Waals surface area contributed by atoms with Gasteiger partial charge in [0.2, 0.25) is 11.8 Å². The van der Waals surface area contributed by atoms with Gasteiger partial charge in [0, 0.05) is 32.5 Å². The van der Waals surface area contributed by atoms with Crippen molar-refractivity contribution in [2.75, 3.05) is 13.6 Å². The van der Waals surface area contributed by atoms with Gasteiger partial charge in [0.05, 0.1) is 0 Å². The molecule has 0 bridgehead atoms. The highest BCUT2D eigenvalue weighted by Crippen LogP contribution is 2.16. The number of piperidine rings is 1.